The number of esters is 1. The molecule has 1 aliphatic carbocycles. The van der Waals surface area contributed by atoms with E-state index in [4.69, 9.17) is 16.3 Å². The van der Waals surface area contributed by atoms with Crippen molar-refractivity contribution in [2.24, 2.45) is 5.92 Å². The van der Waals surface area contributed by atoms with Crippen molar-refractivity contribution in [1.29, 1.82) is 0 Å². The Morgan fingerprint density at radius 2 is 2.06 bits per heavy atom. The smallest absolute Gasteiger partial charge is 0.351 e. The zero-order chi connectivity index (χ0) is 13.1. The van der Waals surface area contributed by atoms with E-state index < -0.39 is 5.97 Å². The Morgan fingerprint density at radius 1 is 1.39 bits per heavy atom. The monoisotopic (exact) mass is 289 g/mol. The van der Waals surface area contributed by atoms with Gasteiger partial charge in [0, 0.05) is 0 Å². The molecule has 0 amide bonds. The van der Waals surface area contributed by atoms with Gasteiger partial charge in [-0.3, -0.25) is 0 Å². The Hall–Kier alpha value is -0.810. The van der Waals surface area contributed by atoms with Crippen LogP contribution < -0.4 is 4.74 Å². The molecule has 4 nitrogen and oxygen atoms in total. The fourth-order valence-corrected chi connectivity index (χ4v) is 3.15. The van der Waals surface area contributed by atoms with Gasteiger partial charge in [-0.25, -0.2) is 4.79 Å². The summed E-state index contributed by atoms with van der Waals surface area (Å²) in [6.45, 7) is 2.26. The van der Waals surface area contributed by atoms with Gasteiger partial charge in [-0.1, -0.05) is 29.9 Å². The summed E-state index contributed by atoms with van der Waals surface area (Å²) < 4.78 is 10.4. The molecular weight excluding hydrogens is 274 g/mol. The molecule has 1 aromatic rings. The lowest BCUT2D eigenvalue weighted by atomic mass is 9.89. The predicted molar refractivity (Wildman–Crippen MR) is 70.5 cm³/mol. The van der Waals surface area contributed by atoms with E-state index in [1.807, 2.05) is 0 Å². The standard InChI is InChI=1S/C12H16ClNO3S/c1-7-3-5-8(6-4-7)17-12-14-10(13)9(18-12)11(15)16-2/h7-8H,3-6H2,1-2H3. The molecule has 18 heavy (non-hydrogen) atoms. The van der Waals surface area contributed by atoms with E-state index in [-0.39, 0.29) is 11.3 Å². The lowest BCUT2D eigenvalue weighted by Gasteiger charge is -2.25. The number of carbonyl (C=O) groups excluding carboxylic acids is 1. The molecule has 100 valence electrons. The van der Waals surface area contributed by atoms with E-state index in [9.17, 15) is 4.79 Å². The number of hydrogen-bond donors (Lipinski definition) is 0. The number of methoxy groups -OCH3 is 1. The molecule has 1 aromatic heterocycles. The number of halogens is 1. The van der Waals surface area contributed by atoms with Crippen LogP contribution in [0.25, 0.3) is 0 Å². The van der Waals surface area contributed by atoms with Crippen molar-refractivity contribution < 1.29 is 14.3 Å². The Balaban J connectivity index is 2.00. The topological polar surface area (TPSA) is 48.4 Å². The van der Waals surface area contributed by atoms with Crippen molar-refractivity contribution in [3.63, 3.8) is 0 Å². The van der Waals surface area contributed by atoms with Crippen molar-refractivity contribution in [3.05, 3.63) is 10.0 Å². The van der Waals surface area contributed by atoms with Crippen LogP contribution in [0.3, 0.4) is 0 Å². The third-order valence-corrected chi connectivity index (χ3v) is 4.48. The first-order chi connectivity index (χ1) is 8.60. The second kappa shape index (κ2) is 5.89. The molecule has 0 radical (unpaired) electrons. The van der Waals surface area contributed by atoms with E-state index in [1.165, 1.54) is 20.0 Å². The number of ether oxygens (including phenoxy) is 2. The summed E-state index contributed by atoms with van der Waals surface area (Å²) in [6.07, 6.45) is 4.60. The SMILES string of the molecule is COC(=O)c1sc(OC2CCC(C)CC2)nc1Cl. The third-order valence-electron chi connectivity index (χ3n) is 3.17. The lowest BCUT2D eigenvalue weighted by Crippen LogP contribution is -2.22. The highest BCUT2D eigenvalue weighted by Crippen LogP contribution is 2.33. The first kappa shape index (κ1) is 13.6. The lowest BCUT2D eigenvalue weighted by molar-refractivity contribution is 0.0606. The van der Waals surface area contributed by atoms with E-state index in [1.54, 1.807) is 0 Å². The number of nitrogens with zero attached hydrogens (tertiary/aromatic N) is 1. The van der Waals surface area contributed by atoms with Gasteiger partial charge in [0.25, 0.3) is 5.19 Å². The first-order valence-electron chi connectivity index (χ1n) is 6.01. The quantitative estimate of drug-likeness (QED) is 0.799. The molecule has 0 N–H and O–H groups in total. The van der Waals surface area contributed by atoms with Gasteiger partial charge >= 0.3 is 5.97 Å². The molecule has 1 fully saturated rings. The molecule has 0 bridgehead atoms. The third kappa shape index (κ3) is 3.14. The molecule has 0 atom stereocenters. The number of rotatable bonds is 3. The minimum atomic E-state index is -0.468. The molecule has 0 aliphatic heterocycles. The molecule has 6 heteroatoms. The van der Waals surface area contributed by atoms with E-state index in [0.717, 1.165) is 30.1 Å². The molecule has 2 rings (SSSR count). The van der Waals surface area contributed by atoms with Crippen molar-refractivity contribution in [3.8, 4) is 5.19 Å². The number of thiazole rings is 1. The fraction of sp³-hybridized carbons (Fsp3) is 0.667. The maximum atomic E-state index is 11.4. The highest BCUT2D eigenvalue weighted by Gasteiger charge is 2.23. The average Bonchev–Trinajstić information content (AvgIpc) is 2.72. The molecule has 0 unspecified atom stereocenters. The Bertz CT molecular complexity index is 427. The number of aromatic nitrogens is 1. The summed E-state index contributed by atoms with van der Waals surface area (Å²) in [6, 6.07) is 0. The van der Waals surface area contributed by atoms with E-state index in [2.05, 4.69) is 16.6 Å². The molecule has 0 aromatic carbocycles. The van der Waals surface area contributed by atoms with Gasteiger partial charge in [-0.2, -0.15) is 4.98 Å². The van der Waals surface area contributed by atoms with Crippen LogP contribution in [-0.4, -0.2) is 24.2 Å². The van der Waals surface area contributed by atoms with Crippen LogP contribution >= 0.6 is 22.9 Å². The highest BCUT2D eigenvalue weighted by atomic mass is 35.5. The maximum absolute atomic E-state index is 11.4. The average molecular weight is 290 g/mol. The second-order valence-electron chi connectivity index (χ2n) is 4.59. The zero-order valence-electron chi connectivity index (χ0n) is 10.4. The molecule has 1 aliphatic rings. The summed E-state index contributed by atoms with van der Waals surface area (Å²) >= 11 is 7.02. The van der Waals surface area contributed by atoms with Gasteiger partial charge in [0.1, 0.15) is 6.10 Å². The van der Waals surface area contributed by atoms with Crippen molar-refractivity contribution in [1.82, 2.24) is 4.98 Å². The predicted octanol–water partition coefficient (Wildman–Crippen LogP) is 3.54. The Morgan fingerprint density at radius 3 is 2.67 bits per heavy atom. The second-order valence-corrected chi connectivity index (χ2v) is 5.91. The summed E-state index contributed by atoms with van der Waals surface area (Å²) in [4.78, 5) is 15.7. The minimum absolute atomic E-state index is 0.158. The molecular formula is C12H16ClNO3S. The van der Waals surface area contributed by atoms with E-state index >= 15 is 0 Å². The van der Waals surface area contributed by atoms with Crippen LogP contribution in [0.4, 0.5) is 0 Å². The summed E-state index contributed by atoms with van der Waals surface area (Å²) in [7, 11) is 1.32. The van der Waals surface area contributed by atoms with Gasteiger partial charge in [0.05, 0.1) is 7.11 Å². The van der Waals surface area contributed by atoms with Gasteiger partial charge < -0.3 is 9.47 Å². The van der Waals surface area contributed by atoms with Gasteiger partial charge in [-0.15, -0.1) is 0 Å². The normalized spacial score (nSPS) is 23.7. The maximum Gasteiger partial charge on any atom is 0.351 e. The first-order valence-corrected chi connectivity index (χ1v) is 7.21. The number of carbonyl (C=O) groups is 1. The molecule has 1 saturated carbocycles. The number of hydrogen-bond acceptors (Lipinski definition) is 5. The fourth-order valence-electron chi connectivity index (χ4n) is 2.04. The Kier molecular flexibility index (Phi) is 4.45. The van der Waals surface area contributed by atoms with Gasteiger partial charge in [0.15, 0.2) is 10.0 Å². The largest absolute Gasteiger partial charge is 0.467 e. The van der Waals surface area contributed by atoms with Gasteiger partial charge in [0.2, 0.25) is 0 Å². The zero-order valence-corrected chi connectivity index (χ0v) is 12.0. The molecule has 0 saturated heterocycles. The summed E-state index contributed by atoms with van der Waals surface area (Å²) in [5.74, 6) is 0.306. The van der Waals surface area contributed by atoms with Crippen LogP contribution in [0.5, 0.6) is 5.19 Å². The van der Waals surface area contributed by atoms with Crippen molar-refractivity contribution >= 4 is 28.9 Å². The van der Waals surface area contributed by atoms with Crippen LogP contribution in [0.1, 0.15) is 42.3 Å². The van der Waals surface area contributed by atoms with Crippen LogP contribution in [0.2, 0.25) is 5.15 Å². The van der Waals surface area contributed by atoms with Crippen molar-refractivity contribution in [2.75, 3.05) is 7.11 Å². The van der Waals surface area contributed by atoms with Gasteiger partial charge in [-0.05, 0) is 31.6 Å². The molecule has 0 spiro atoms. The highest BCUT2D eigenvalue weighted by molar-refractivity contribution is 7.15. The van der Waals surface area contributed by atoms with Crippen LogP contribution in [0.15, 0.2) is 0 Å². The Labute approximate surface area is 115 Å². The van der Waals surface area contributed by atoms with E-state index in [0.29, 0.717) is 10.1 Å². The van der Waals surface area contributed by atoms with Crippen molar-refractivity contribution in [2.45, 2.75) is 38.7 Å². The van der Waals surface area contributed by atoms with Crippen LogP contribution in [-0.2, 0) is 4.74 Å². The summed E-state index contributed by atoms with van der Waals surface area (Å²) in [5.41, 5.74) is 0. The van der Waals surface area contributed by atoms with Crippen LogP contribution in [0, 0.1) is 5.92 Å². The summed E-state index contributed by atoms with van der Waals surface area (Å²) in [5, 5.41) is 0.617. The molecule has 1 heterocycles. The minimum Gasteiger partial charge on any atom is -0.467 e.